The molecule has 5 rings (SSSR count). The number of imidazole rings is 2. The fraction of sp³-hybridized carbons (Fsp3) is 0.133. The van der Waals surface area contributed by atoms with E-state index in [9.17, 15) is 0 Å². The molecule has 4 aromatic rings. The van der Waals surface area contributed by atoms with Crippen molar-refractivity contribution in [3.63, 3.8) is 0 Å². The monoisotopic (exact) mass is 265 g/mol. The van der Waals surface area contributed by atoms with Crippen LogP contribution in [-0.4, -0.2) is 18.9 Å². The molecular weight excluding hydrogens is 250 g/mol. The molecule has 0 atom stereocenters. The summed E-state index contributed by atoms with van der Waals surface area (Å²) in [5.74, 6) is 0.603. The number of aryl methyl sites for hydroxylation is 1. The van der Waals surface area contributed by atoms with Gasteiger partial charge >= 0.3 is 5.78 Å². The average molecular weight is 265 g/mol. The van der Waals surface area contributed by atoms with Crippen LogP contribution in [0.3, 0.4) is 0 Å². The van der Waals surface area contributed by atoms with E-state index in [1.165, 1.54) is 4.57 Å². The zero-order valence-electron chi connectivity index (χ0n) is 13.5. The molecule has 0 radical (unpaired) electrons. The Morgan fingerprint density at radius 3 is 3.10 bits per heavy atom. The van der Waals surface area contributed by atoms with Crippen molar-refractivity contribution in [2.45, 2.75) is 6.54 Å². The third-order valence-electron chi connectivity index (χ3n) is 3.90. The predicted molar refractivity (Wildman–Crippen MR) is 74.2 cm³/mol. The Bertz CT molecular complexity index is 1090. The smallest absolute Gasteiger partial charge is 0.253 e. The maximum atomic E-state index is 7.93. The highest BCUT2D eigenvalue weighted by Gasteiger charge is 2.30. The van der Waals surface area contributed by atoms with Crippen LogP contribution in [0.4, 0.5) is 0 Å². The number of hydrogen-bond donors (Lipinski definition) is 0. The number of rotatable bonds is 0. The molecule has 4 aromatic heterocycles. The summed E-state index contributed by atoms with van der Waals surface area (Å²) in [5.41, 5.74) is 4.17. The van der Waals surface area contributed by atoms with Gasteiger partial charge in [0.1, 0.15) is 11.4 Å². The van der Waals surface area contributed by atoms with Gasteiger partial charge in [-0.25, -0.2) is 13.5 Å². The Labute approximate surface area is 119 Å². The lowest BCUT2D eigenvalue weighted by Gasteiger charge is -1.94. The molecule has 0 fully saturated rings. The van der Waals surface area contributed by atoms with E-state index in [0.29, 0.717) is 18.0 Å². The van der Waals surface area contributed by atoms with Crippen molar-refractivity contribution < 1.29 is 8.68 Å². The molecule has 1 aliphatic heterocycles. The maximum absolute atomic E-state index is 7.93. The Morgan fingerprint density at radius 2 is 2.15 bits per heavy atom. The van der Waals surface area contributed by atoms with Gasteiger partial charge in [0.2, 0.25) is 0 Å². The van der Waals surface area contributed by atoms with Crippen molar-refractivity contribution in [2.75, 3.05) is 0 Å². The molecule has 5 heterocycles. The minimum absolute atomic E-state index is 0.460. The van der Waals surface area contributed by atoms with E-state index in [1.54, 1.807) is 12.4 Å². The van der Waals surface area contributed by atoms with Gasteiger partial charge < -0.3 is 0 Å². The second-order valence-corrected chi connectivity index (χ2v) is 4.96. The van der Waals surface area contributed by atoms with Gasteiger partial charge in [0.15, 0.2) is 5.52 Å². The van der Waals surface area contributed by atoms with Crippen molar-refractivity contribution in [3.05, 3.63) is 48.4 Å². The van der Waals surface area contributed by atoms with E-state index in [2.05, 4.69) is 9.97 Å². The Hall–Kier alpha value is -2.69. The molecular formula is C15H12N5+. The number of pyridine rings is 2. The van der Waals surface area contributed by atoms with Gasteiger partial charge in [-0.1, -0.05) is 6.07 Å². The number of hydrogen-bond acceptors (Lipinski definition) is 2. The van der Waals surface area contributed by atoms with Crippen LogP contribution in [-0.2, 0) is 13.5 Å². The van der Waals surface area contributed by atoms with Crippen LogP contribution in [0.25, 0.3) is 28.3 Å². The molecule has 5 heteroatoms. The lowest BCUT2D eigenvalue weighted by atomic mass is 10.2. The van der Waals surface area contributed by atoms with E-state index in [0.717, 1.165) is 22.5 Å². The first-order valence-electron chi connectivity index (χ1n) is 7.91. The summed E-state index contributed by atoms with van der Waals surface area (Å²) in [7, 11) is 0. The predicted octanol–water partition coefficient (Wildman–Crippen LogP) is 1.54. The van der Waals surface area contributed by atoms with E-state index in [-0.39, 0.29) is 0 Å². The molecule has 1 aliphatic rings. The van der Waals surface area contributed by atoms with Crippen molar-refractivity contribution in [3.8, 4) is 11.4 Å². The van der Waals surface area contributed by atoms with Gasteiger partial charge in [-0.05, 0) is 18.2 Å². The Balaban J connectivity index is 1.97. The molecule has 0 saturated heterocycles. The topological polar surface area (TPSA) is 39.0 Å². The highest BCUT2D eigenvalue weighted by molar-refractivity contribution is 5.75. The first-order chi connectivity index (χ1) is 11.1. The number of nitrogens with zero attached hydrogens (tertiary/aromatic N) is 5. The summed E-state index contributed by atoms with van der Waals surface area (Å²) in [6.07, 6.45) is 5.32. The van der Waals surface area contributed by atoms with Gasteiger partial charge in [-0.3, -0.25) is 4.98 Å². The number of aromatic nitrogens is 5. The molecule has 0 bridgehead atoms. The molecule has 0 saturated carbocycles. The first kappa shape index (κ1) is 7.79. The SMILES string of the molecule is [2H]C([2H])([2H])[n+]1c2ncccc2n2cc3n(c21)Cc1cccnc1-3. The highest BCUT2D eigenvalue weighted by Crippen LogP contribution is 2.32. The van der Waals surface area contributed by atoms with Crippen LogP contribution < -0.4 is 4.57 Å². The lowest BCUT2D eigenvalue weighted by molar-refractivity contribution is -0.623. The Morgan fingerprint density at radius 1 is 1.25 bits per heavy atom. The molecule has 0 aromatic carbocycles. The minimum atomic E-state index is -2.31. The van der Waals surface area contributed by atoms with Crippen LogP contribution >= 0.6 is 0 Å². The molecule has 20 heavy (non-hydrogen) atoms. The fourth-order valence-electron chi connectivity index (χ4n) is 3.05. The average Bonchev–Trinajstić information content (AvgIpc) is 3.13. The lowest BCUT2D eigenvalue weighted by Crippen LogP contribution is -2.30. The first-order valence-corrected chi connectivity index (χ1v) is 6.41. The molecule has 96 valence electrons. The zero-order valence-corrected chi connectivity index (χ0v) is 10.5. The zero-order chi connectivity index (χ0) is 15.8. The fourth-order valence-corrected chi connectivity index (χ4v) is 3.05. The molecule has 0 spiro atoms. The van der Waals surface area contributed by atoms with Crippen LogP contribution in [0.5, 0.6) is 0 Å². The van der Waals surface area contributed by atoms with E-state index in [1.807, 2.05) is 39.4 Å². The van der Waals surface area contributed by atoms with Gasteiger partial charge in [0, 0.05) is 11.8 Å². The Kier molecular flexibility index (Phi) is 1.27. The molecule has 0 unspecified atom stereocenters. The minimum Gasteiger partial charge on any atom is -0.253 e. The van der Waals surface area contributed by atoms with Crippen LogP contribution in [0.1, 0.15) is 9.68 Å². The normalized spacial score (nSPS) is 15.9. The van der Waals surface area contributed by atoms with Crippen molar-refractivity contribution in [2.24, 2.45) is 6.98 Å². The summed E-state index contributed by atoms with van der Waals surface area (Å²) < 4.78 is 29.0. The largest absolute Gasteiger partial charge is 0.329 e. The summed E-state index contributed by atoms with van der Waals surface area (Å²) in [6, 6.07) is 7.61. The maximum Gasteiger partial charge on any atom is 0.329 e. The summed E-state index contributed by atoms with van der Waals surface area (Å²) in [4.78, 5) is 8.73. The van der Waals surface area contributed by atoms with Crippen molar-refractivity contribution in [1.29, 1.82) is 0 Å². The van der Waals surface area contributed by atoms with Gasteiger partial charge in [-0.15, -0.1) is 4.98 Å². The van der Waals surface area contributed by atoms with Crippen LogP contribution in [0.2, 0.25) is 0 Å². The standard InChI is InChI=1S/C15H12N5/c1-18-14-11(5-3-7-17-14)20-9-12-13-10(4-2-6-16-13)8-19(12)15(18)20/h2-7,9H,8H2,1H3/q+1/i1D3. The summed E-state index contributed by atoms with van der Waals surface area (Å²) in [6.45, 7) is -1.69. The van der Waals surface area contributed by atoms with E-state index >= 15 is 0 Å². The third kappa shape index (κ3) is 1.02. The quantitative estimate of drug-likeness (QED) is 0.398. The third-order valence-corrected chi connectivity index (χ3v) is 3.90. The van der Waals surface area contributed by atoms with E-state index < -0.39 is 6.98 Å². The van der Waals surface area contributed by atoms with Crippen molar-refractivity contribution in [1.82, 2.24) is 18.9 Å². The summed E-state index contributed by atoms with van der Waals surface area (Å²) in [5, 5.41) is 0. The summed E-state index contributed by atoms with van der Waals surface area (Å²) >= 11 is 0. The number of fused-ring (bicyclic) bond motifs is 7. The van der Waals surface area contributed by atoms with Gasteiger partial charge in [0.25, 0.3) is 5.65 Å². The second-order valence-electron chi connectivity index (χ2n) is 4.96. The highest BCUT2D eigenvalue weighted by atomic mass is 15.3. The molecule has 0 amide bonds. The molecule has 5 nitrogen and oxygen atoms in total. The van der Waals surface area contributed by atoms with Crippen LogP contribution in [0.15, 0.2) is 42.9 Å². The van der Waals surface area contributed by atoms with Crippen molar-refractivity contribution >= 4 is 16.9 Å². The van der Waals surface area contributed by atoms with Crippen LogP contribution in [0, 0.1) is 0 Å². The van der Waals surface area contributed by atoms with Gasteiger partial charge in [-0.2, -0.15) is 0 Å². The molecule has 0 N–H and O–H groups in total. The van der Waals surface area contributed by atoms with E-state index in [4.69, 9.17) is 4.11 Å². The van der Waals surface area contributed by atoms with Gasteiger partial charge in [0.05, 0.1) is 30.0 Å². The molecule has 0 aliphatic carbocycles. The second kappa shape index (κ2) is 3.25.